The van der Waals surface area contributed by atoms with E-state index in [1.807, 2.05) is 6.07 Å². The fourth-order valence-corrected chi connectivity index (χ4v) is 2.54. The molecule has 0 fully saturated rings. The number of aliphatic hydroxyl groups excluding tert-OH is 1. The number of rotatable bonds is 3. The lowest BCUT2D eigenvalue weighted by molar-refractivity contribution is 0.289. The first-order valence-corrected chi connectivity index (χ1v) is 6.93. The predicted octanol–water partition coefficient (Wildman–Crippen LogP) is 2.89. The van der Waals surface area contributed by atoms with Gasteiger partial charge in [0.1, 0.15) is 5.75 Å². The van der Waals surface area contributed by atoms with E-state index in [0.29, 0.717) is 13.2 Å². The van der Waals surface area contributed by atoms with Gasteiger partial charge in [-0.3, -0.25) is 0 Å². The molecule has 2 aromatic carbocycles. The highest BCUT2D eigenvalue weighted by Gasteiger charge is 2.17. The summed E-state index contributed by atoms with van der Waals surface area (Å²) in [6.45, 7) is 3.74. The average Bonchev–Trinajstić information content (AvgIpc) is 2.47. The van der Waals surface area contributed by atoms with Crippen LogP contribution in [-0.4, -0.2) is 18.4 Å². The highest BCUT2D eigenvalue weighted by atomic mass is 16.5. The van der Waals surface area contributed by atoms with Crippen molar-refractivity contribution in [2.75, 3.05) is 18.2 Å². The summed E-state index contributed by atoms with van der Waals surface area (Å²) in [6.07, 6.45) is 0.707. The molecular formula is C17H19NO2. The molecule has 3 nitrogen and oxygen atoms in total. The van der Waals surface area contributed by atoms with E-state index in [0.717, 1.165) is 23.5 Å². The third kappa shape index (κ3) is 2.63. The molecule has 0 spiro atoms. The second kappa shape index (κ2) is 5.55. The molecule has 20 heavy (non-hydrogen) atoms. The number of anilines is 1. The zero-order valence-electron chi connectivity index (χ0n) is 11.7. The number of aryl methyl sites for hydroxylation is 1. The molecule has 0 aromatic heterocycles. The molecular weight excluding hydrogens is 250 g/mol. The molecule has 0 aliphatic carbocycles. The molecule has 1 heterocycles. The third-order valence-electron chi connectivity index (χ3n) is 3.66. The van der Waals surface area contributed by atoms with E-state index in [1.165, 1.54) is 11.1 Å². The Hall–Kier alpha value is -2.00. The van der Waals surface area contributed by atoms with Crippen LogP contribution in [-0.2, 0) is 13.0 Å². The van der Waals surface area contributed by atoms with Gasteiger partial charge in [-0.15, -0.1) is 0 Å². The minimum absolute atomic E-state index is 0.193. The van der Waals surface area contributed by atoms with Crippen LogP contribution in [0.4, 0.5) is 5.69 Å². The van der Waals surface area contributed by atoms with E-state index in [4.69, 9.17) is 9.84 Å². The molecule has 1 aliphatic heterocycles. The van der Waals surface area contributed by atoms with Gasteiger partial charge in [-0.2, -0.15) is 0 Å². The number of ether oxygens (including phenoxy) is 1. The monoisotopic (exact) mass is 269 g/mol. The van der Waals surface area contributed by atoms with Crippen LogP contribution in [0.5, 0.6) is 5.75 Å². The predicted molar refractivity (Wildman–Crippen MR) is 80.1 cm³/mol. The highest BCUT2D eigenvalue weighted by molar-refractivity contribution is 5.51. The Bertz CT molecular complexity index is 592. The number of aliphatic hydroxyl groups is 1. The summed E-state index contributed by atoms with van der Waals surface area (Å²) in [5, 5.41) is 8.94. The summed E-state index contributed by atoms with van der Waals surface area (Å²) in [6, 6.07) is 14.6. The van der Waals surface area contributed by atoms with Gasteiger partial charge in [-0.25, -0.2) is 0 Å². The first-order chi connectivity index (χ1) is 9.76. The van der Waals surface area contributed by atoms with Crippen molar-refractivity contribution in [2.45, 2.75) is 19.9 Å². The highest BCUT2D eigenvalue weighted by Crippen LogP contribution is 2.29. The van der Waals surface area contributed by atoms with E-state index in [-0.39, 0.29) is 6.61 Å². The summed E-state index contributed by atoms with van der Waals surface area (Å²) < 4.78 is 5.81. The van der Waals surface area contributed by atoms with Crippen LogP contribution in [0.2, 0.25) is 0 Å². The first-order valence-electron chi connectivity index (χ1n) is 6.93. The SMILES string of the molecule is Cc1ccc2c(c1)CN(c1ccc(CCO)cc1)CO2. The molecule has 0 amide bonds. The smallest absolute Gasteiger partial charge is 0.161 e. The summed E-state index contributed by atoms with van der Waals surface area (Å²) in [7, 11) is 0. The molecule has 3 heteroatoms. The Kier molecular flexibility index (Phi) is 3.61. The molecule has 2 aromatic rings. The van der Waals surface area contributed by atoms with Crippen LogP contribution in [0.3, 0.4) is 0 Å². The number of hydrogen-bond donors (Lipinski definition) is 1. The molecule has 104 valence electrons. The molecule has 0 saturated carbocycles. The van der Waals surface area contributed by atoms with Gasteiger partial charge in [0.25, 0.3) is 0 Å². The minimum Gasteiger partial charge on any atom is -0.473 e. The van der Waals surface area contributed by atoms with E-state index in [1.54, 1.807) is 0 Å². The molecule has 1 aliphatic rings. The van der Waals surface area contributed by atoms with Crippen LogP contribution in [0, 0.1) is 6.92 Å². The van der Waals surface area contributed by atoms with Gasteiger partial charge in [0.05, 0.1) is 0 Å². The van der Waals surface area contributed by atoms with E-state index < -0.39 is 0 Å². The normalized spacial score (nSPS) is 13.8. The lowest BCUT2D eigenvalue weighted by atomic mass is 10.1. The lowest BCUT2D eigenvalue weighted by Gasteiger charge is -2.31. The van der Waals surface area contributed by atoms with E-state index in [9.17, 15) is 0 Å². The standard InChI is InChI=1S/C17H19NO2/c1-13-2-7-17-15(10-13)11-18(12-20-17)16-5-3-14(4-6-16)8-9-19/h2-7,10,19H,8-9,11-12H2,1H3. The van der Waals surface area contributed by atoms with E-state index >= 15 is 0 Å². The summed E-state index contributed by atoms with van der Waals surface area (Å²) >= 11 is 0. The second-order valence-electron chi connectivity index (χ2n) is 5.22. The fourth-order valence-electron chi connectivity index (χ4n) is 2.54. The second-order valence-corrected chi connectivity index (χ2v) is 5.22. The zero-order valence-corrected chi connectivity index (χ0v) is 11.7. The van der Waals surface area contributed by atoms with Crippen molar-refractivity contribution in [3.63, 3.8) is 0 Å². The number of benzene rings is 2. The van der Waals surface area contributed by atoms with Crippen LogP contribution < -0.4 is 9.64 Å². The Balaban J connectivity index is 1.79. The maximum absolute atomic E-state index is 8.94. The van der Waals surface area contributed by atoms with Gasteiger partial charge < -0.3 is 14.7 Å². The van der Waals surface area contributed by atoms with Gasteiger partial charge in [-0.1, -0.05) is 29.8 Å². The summed E-state index contributed by atoms with van der Waals surface area (Å²) in [5.41, 5.74) is 4.80. The van der Waals surface area contributed by atoms with E-state index in [2.05, 4.69) is 48.2 Å². The van der Waals surface area contributed by atoms with Crippen molar-refractivity contribution in [2.24, 2.45) is 0 Å². The topological polar surface area (TPSA) is 32.7 Å². The van der Waals surface area contributed by atoms with Crippen LogP contribution in [0.1, 0.15) is 16.7 Å². The number of fused-ring (bicyclic) bond motifs is 1. The van der Waals surface area contributed by atoms with Gasteiger partial charge in [0.2, 0.25) is 0 Å². The number of hydrogen-bond acceptors (Lipinski definition) is 3. The van der Waals surface area contributed by atoms with Crippen molar-refractivity contribution in [3.05, 3.63) is 59.2 Å². The summed E-state index contributed by atoms with van der Waals surface area (Å²) in [4.78, 5) is 2.21. The molecule has 0 unspecified atom stereocenters. The van der Waals surface area contributed by atoms with Crippen molar-refractivity contribution in [3.8, 4) is 5.75 Å². The van der Waals surface area contributed by atoms with Crippen molar-refractivity contribution >= 4 is 5.69 Å². The largest absolute Gasteiger partial charge is 0.473 e. The molecule has 0 atom stereocenters. The Morgan fingerprint density at radius 3 is 2.70 bits per heavy atom. The zero-order chi connectivity index (χ0) is 13.9. The Morgan fingerprint density at radius 2 is 1.95 bits per heavy atom. The van der Waals surface area contributed by atoms with Crippen LogP contribution >= 0.6 is 0 Å². The van der Waals surface area contributed by atoms with Crippen LogP contribution in [0.15, 0.2) is 42.5 Å². The fraction of sp³-hybridized carbons (Fsp3) is 0.294. The first kappa shape index (κ1) is 13.0. The van der Waals surface area contributed by atoms with Gasteiger partial charge in [0.15, 0.2) is 6.73 Å². The van der Waals surface area contributed by atoms with Gasteiger partial charge in [-0.05, 0) is 37.1 Å². The van der Waals surface area contributed by atoms with Crippen molar-refractivity contribution < 1.29 is 9.84 Å². The Labute approximate surface area is 119 Å². The lowest BCUT2D eigenvalue weighted by Crippen LogP contribution is -2.31. The number of nitrogens with zero attached hydrogens (tertiary/aromatic N) is 1. The quantitative estimate of drug-likeness (QED) is 0.930. The van der Waals surface area contributed by atoms with Gasteiger partial charge >= 0.3 is 0 Å². The van der Waals surface area contributed by atoms with Gasteiger partial charge in [0, 0.05) is 24.4 Å². The molecule has 0 saturated heterocycles. The Morgan fingerprint density at radius 1 is 1.15 bits per heavy atom. The minimum atomic E-state index is 0.193. The van der Waals surface area contributed by atoms with Crippen molar-refractivity contribution in [1.29, 1.82) is 0 Å². The maximum atomic E-state index is 8.94. The molecule has 0 bridgehead atoms. The summed E-state index contributed by atoms with van der Waals surface area (Å²) in [5.74, 6) is 0.990. The maximum Gasteiger partial charge on any atom is 0.161 e. The molecule has 0 radical (unpaired) electrons. The molecule has 3 rings (SSSR count). The molecule has 1 N–H and O–H groups in total. The van der Waals surface area contributed by atoms with Crippen LogP contribution in [0.25, 0.3) is 0 Å². The van der Waals surface area contributed by atoms with Crippen molar-refractivity contribution in [1.82, 2.24) is 0 Å². The average molecular weight is 269 g/mol. The third-order valence-corrected chi connectivity index (χ3v) is 3.66.